The van der Waals surface area contributed by atoms with E-state index in [1.165, 1.54) is 6.92 Å². The predicted octanol–water partition coefficient (Wildman–Crippen LogP) is 6.50. The molecule has 10 unspecified atom stereocenters. The lowest BCUT2D eigenvalue weighted by Gasteiger charge is -2.51. The fraction of sp³-hybridized carbons (Fsp3) is 0.872. The quantitative estimate of drug-likeness (QED) is 0.0351. The molecule has 2 aliphatic carbocycles. The smallest absolute Gasteiger partial charge is 0.417 e. The van der Waals surface area contributed by atoms with E-state index in [4.69, 9.17) is 23.7 Å². The zero-order valence-corrected chi connectivity index (χ0v) is 41.0. The Hall–Kier alpha value is -1.46. The van der Waals surface area contributed by atoms with Crippen LogP contribution in [-0.2, 0) is 33.3 Å². The number of amides is 1. The van der Waals surface area contributed by atoms with Crippen LogP contribution in [-0.4, -0.2) is 138 Å². The number of ether oxygens (including phenoxy) is 5. The van der Waals surface area contributed by atoms with E-state index in [0.29, 0.717) is 24.7 Å². The van der Waals surface area contributed by atoms with Gasteiger partial charge in [0.2, 0.25) is 5.91 Å². The maximum absolute atomic E-state index is 14.1. The van der Waals surface area contributed by atoms with Crippen molar-refractivity contribution in [2.45, 2.75) is 221 Å². The summed E-state index contributed by atoms with van der Waals surface area (Å²) >= 11 is 2.46. The second-order valence-electron chi connectivity index (χ2n) is 18.9. The molecule has 2 saturated heterocycles. The summed E-state index contributed by atoms with van der Waals surface area (Å²) in [6.07, 6.45) is -7.74. The molecule has 18 heteroatoms. The summed E-state index contributed by atoms with van der Waals surface area (Å²) in [6.45, 7) is 10.7. The second-order valence-corrected chi connectivity index (χ2v) is 21.0. The number of carboxylic acids is 1. The molecule has 2 aliphatic heterocycles. The van der Waals surface area contributed by atoms with Crippen molar-refractivity contribution in [2.75, 3.05) is 6.61 Å². The number of rotatable bonds is 22. The molecule has 7 N–H and O–H groups in total. The van der Waals surface area contributed by atoms with Crippen LogP contribution in [0.1, 0.15) is 131 Å². The minimum Gasteiger partial charge on any atom is -0.479 e. The number of aliphatic carboxylic acids is 1. The monoisotopic (exact) mass is 1050 g/mol. The third kappa shape index (κ3) is 15.0. The van der Waals surface area contributed by atoms with Crippen molar-refractivity contribution in [1.29, 1.82) is 0 Å². The Morgan fingerprint density at radius 1 is 0.892 bits per heavy atom. The van der Waals surface area contributed by atoms with E-state index in [1.807, 2.05) is 19.9 Å². The summed E-state index contributed by atoms with van der Waals surface area (Å²) < 4.78 is 72.6. The Labute approximate surface area is 396 Å². The molecule has 376 valence electrons. The van der Waals surface area contributed by atoms with Crippen LogP contribution in [0.15, 0.2) is 24.3 Å². The molecule has 14 nitrogen and oxygen atoms in total. The summed E-state index contributed by atoms with van der Waals surface area (Å²) in [5.74, 6) is -1.28. The maximum atomic E-state index is 14.1. The molecular formula is C47H77F3INO13. The number of aliphatic hydroxyl groups is 5. The minimum absolute atomic E-state index is 0.0216. The number of alkyl halides is 4. The average molecular weight is 1050 g/mol. The van der Waals surface area contributed by atoms with Crippen molar-refractivity contribution in [1.82, 2.24) is 5.32 Å². The normalized spacial score (nSPS) is 38.1. The molecule has 0 bridgehead atoms. The van der Waals surface area contributed by atoms with Crippen LogP contribution in [0.4, 0.5) is 13.2 Å². The number of nitrogens with one attached hydrogen (secondary N) is 1. The molecule has 1 amide bonds. The van der Waals surface area contributed by atoms with Gasteiger partial charge in [-0.3, -0.25) is 4.79 Å². The largest absolute Gasteiger partial charge is 0.479 e. The first-order valence-electron chi connectivity index (χ1n) is 23.8. The lowest BCUT2D eigenvalue weighted by Crippen LogP contribution is -2.67. The van der Waals surface area contributed by atoms with Gasteiger partial charge in [0.15, 0.2) is 24.8 Å². The summed E-state index contributed by atoms with van der Waals surface area (Å²) in [5, 5.41) is 67.2. The summed E-state index contributed by atoms with van der Waals surface area (Å²) in [5.41, 5.74) is 0. The molecule has 4 aliphatic rings. The van der Waals surface area contributed by atoms with Crippen LogP contribution in [0.2, 0.25) is 0 Å². The fourth-order valence-electron chi connectivity index (χ4n) is 10.5. The van der Waals surface area contributed by atoms with Gasteiger partial charge in [0, 0.05) is 10.3 Å². The topological polar surface area (TPSA) is 214 Å². The first kappa shape index (κ1) is 56.1. The fourth-order valence-corrected chi connectivity index (χ4v) is 11.3. The third-order valence-corrected chi connectivity index (χ3v) is 16.7. The first-order valence-corrected chi connectivity index (χ1v) is 24.9. The molecule has 0 aromatic carbocycles. The van der Waals surface area contributed by atoms with Crippen molar-refractivity contribution < 1.29 is 77.1 Å². The van der Waals surface area contributed by atoms with E-state index in [2.05, 4.69) is 66.9 Å². The van der Waals surface area contributed by atoms with Crippen molar-refractivity contribution in [3.05, 3.63) is 24.3 Å². The van der Waals surface area contributed by atoms with Crippen LogP contribution < -0.4 is 5.32 Å². The molecule has 4 rings (SSSR count). The number of hydrogen-bond donors (Lipinski definition) is 7. The highest BCUT2D eigenvalue weighted by Gasteiger charge is 2.58. The second kappa shape index (κ2) is 25.9. The molecule has 17 atom stereocenters. The van der Waals surface area contributed by atoms with Crippen molar-refractivity contribution in [3.63, 3.8) is 0 Å². The van der Waals surface area contributed by atoms with Gasteiger partial charge in [0.1, 0.15) is 42.7 Å². The van der Waals surface area contributed by atoms with Crippen LogP contribution in [0, 0.1) is 29.6 Å². The van der Waals surface area contributed by atoms with Crippen molar-refractivity contribution in [2.24, 2.45) is 29.6 Å². The Balaban J connectivity index is 1.66. The van der Waals surface area contributed by atoms with Crippen LogP contribution in [0.25, 0.3) is 0 Å². The van der Waals surface area contributed by atoms with Crippen molar-refractivity contribution >= 4 is 34.5 Å². The Morgan fingerprint density at radius 3 is 2.15 bits per heavy atom. The summed E-state index contributed by atoms with van der Waals surface area (Å²) in [4.78, 5) is 25.8. The van der Waals surface area contributed by atoms with E-state index in [-0.39, 0.29) is 28.1 Å². The van der Waals surface area contributed by atoms with Gasteiger partial charge in [-0.25, -0.2) is 4.79 Å². The summed E-state index contributed by atoms with van der Waals surface area (Å²) in [6, 6.07) is -1.35. The Bertz CT molecular complexity index is 1520. The van der Waals surface area contributed by atoms with Gasteiger partial charge in [0.25, 0.3) is 0 Å². The Kier molecular flexibility index (Phi) is 22.4. The lowest BCUT2D eigenvalue weighted by molar-refractivity contribution is -0.373. The number of carbonyl (C=O) groups excluding carboxylic acids is 1. The lowest BCUT2D eigenvalue weighted by atomic mass is 9.69. The molecule has 4 fully saturated rings. The zero-order chi connectivity index (χ0) is 48.2. The van der Waals surface area contributed by atoms with Gasteiger partial charge in [-0.15, -0.1) is 0 Å². The number of allylic oxidation sites excluding steroid dienone is 4. The van der Waals surface area contributed by atoms with Crippen LogP contribution in [0.5, 0.6) is 0 Å². The molecule has 0 spiro atoms. The van der Waals surface area contributed by atoms with Gasteiger partial charge in [-0.05, 0) is 107 Å². The van der Waals surface area contributed by atoms with E-state index in [9.17, 15) is 53.4 Å². The van der Waals surface area contributed by atoms with E-state index in [1.54, 1.807) is 0 Å². The SMILES string of the molecule is C/C=C/CCC(I)(CC)C1CC(CC)[C@@H](O[C@@H]2OC(C(F)(F)F)[C@@H](O)C(O)C2O)[C@H](O[C@@H]2OC(CO)[C@H](O)C(O[C@@H](CC3CCC(C(C)CC/C=C\CC)CC3)C(=O)O)C2NC(C)=O)C1. The summed E-state index contributed by atoms with van der Waals surface area (Å²) in [7, 11) is 0. The number of hydrogen-bond acceptors (Lipinski definition) is 12. The highest BCUT2D eigenvalue weighted by atomic mass is 127. The Morgan fingerprint density at radius 2 is 1.58 bits per heavy atom. The highest BCUT2D eigenvalue weighted by molar-refractivity contribution is 14.1. The van der Waals surface area contributed by atoms with Gasteiger partial charge in [-0.2, -0.15) is 13.2 Å². The van der Waals surface area contributed by atoms with Gasteiger partial charge >= 0.3 is 12.1 Å². The van der Waals surface area contributed by atoms with Crippen molar-refractivity contribution in [3.8, 4) is 0 Å². The van der Waals surface area contributed by atoms with Gasteiger partial charge in [0.05, 0.1) is 18.8 Å². The number of carboxylic acid groups (broad SMARTS) is 1. The van der Waals surface area contributed by atoms with Gasteiger partial charge < -0.3 is 59.6 Å². The predicted molar refractivity (Wildman–Crippen MR) is 244 cm³/mol. The van der Waals surface area contributed by atoms with Crippen LogP contribution >= 0.6 is 22.6 Å². The molecule has 0 aromatic rings. The van der Waals surface area contributed by atoms with Gasteiger partial charge in [-0.1, -0.05) is 93.9 Å². The molecule has 65 heavy (non-hydrogen) atoms. The molecule has 0 aromatic heterocycles. The highest BCUT2D eigenvalue weighted by Crippen LogP contribution is 2.49. The van der Waals surface area contributed by atoms with E-state index in [0.717, 1.165) is 64.2 Å². The molecule has 2 saturated carbocycles. The minimum atomic E-state index is -5.12. The third-order valence-electron chi connectivity index (χ3n) is 14.5. The number of carbonyl (C=O) groups is 2. The average Bonchev–Trinajstić information content (AvgIpc) is 3.26. The first-order chi connectivity index (χ1) is 30.7. The molecular weight excluding hydrogens is 970 g/mol. The van der Waals surface area contributed by atoms with Crippen LogP contribution in [0.3, 0.4) is 0 Å². The molecule has 0 radical (unpaired) electrons. The number of aliphatic hydroxyl groups excluding tert-OH is 5. The standard InChI is InChI=1S/C47H77F3INO13/c1-7-11-13-14-16-26(5)30-19-17-28(18-20-30)22-33(43(59)60)61-41-35(52-27(6)54)44(63-34(25-53)36(41)55)62-32-24-31(46(51,10-4)21-15-12-8-2)23-29(9-3)40(32)64-45-39(58)37(56)38(57)42(65-45)47(48,49)50/h8,11-13,26,28-42,44-45,53,55-58H,7,9-10,14-25H2,1-6H3,(H,52,54)(H,59,60)/b12-8+,13-11-/t26?,28?,29?,30?,31?,32-,33+,34?,35?,36+,37?,38+,39?,40-,41?,42?,44-,45-,46?/m1/s1. The number of halogens is 4. The van der Waals surface area contributed by atoms with E-state index < -0.39 is 110 Å². The maximum Gasteiger partial charge on any atom is 0.417 e. The zero-order valence-electron chi connectivity index (χ0n) is 38.9. The molecule has 2 heterocycles. The van der Waals surface area contributed by atoms with E-state index >= 15 is 0 Å².